The summed E-state index contributed by atoms with van der Waals surface area (Å²) in [5, 5.41) is 12.6. The zero-order valence-electron chi connectivity index (χ0n) is 18.8. The summed E-state index contributed by atoms with van der Waals surface area (Å²) in [6.07, 6.45) is 0.457. The summed E-state index contributed by atoms with van der Waals surface area (Å²) in [4.78, 5) is 28.2. The van der Waals surface area contributed by atoms with E-state index in [9.17, 15) is 14.9 Å². The molecule has 0 unspecified atom stereocenters. The zero-order valence-corrected chi connectivity index (χ0v) is 19.6. The lowest BCUT2D eigenvalue weighted by molar-refractivity contribution is -0.117. The summed E-state index contributed by atoms with van der Waals surface area (Å²) < 4.78 is 5.22. The maximum absolute atomic E-state index is 13.6. The van der Waals surface area contributed by atoms with E-state index in [2.05, 4.69) is 5.32 Å². The van der Waals surface area contributed by atoms with Gasteiger partial charge < -0.3 is 10.1 Å². The quantitative estimate of drug-likeness (QED) is 0.403. The van der Waals surface area contributed by atoms with Gasteiger partial charge in [-0.2, -0.15) is 5.26 Å². The number of anilines is 2. The topological polar surface area (TPSA) is 82.4 Å². The van der Waals surface area contributed by atoms with Crippen molar-refractivity contribution in [1.82, 2.24) is 0 Å². The van der Waals surface area contributed by atoms with Gasteiger partial charge in [-0.05, 0) is 54.8 Å². The number of nitriles is 1. The van der Waals surface area contributed by atoms with E-state index >= 15 is 0 Å². The van der Waals surface area contributed by atoms with Crippen LogP contribution in [0.1, 0.15) is 11.1 Å². The van der Waals surface area contributed by atoms with E-state index in [0.717, 1.165) is 16.9 Å². The number of ether oxygens (including phenoxy) is 1. The Kier molecular flexibility index (Phi) is 7.00. The Bertz CT molecular complexity index is 1280. The van der Waals surface area contributed by atoms with Crippen LogP contribution in [-0.2, 0) is 16.0 Å². The van der Waals surface area contributed by atoms with Crippen molar-refractivity contribution in [3.8, 4) is 11.8 Å². The van der Waals surface area contributed by atoms with Gasteiger partial charge in [-0.3, -0.25) is 14.5 Å². The van der Waals surface area contributed by atoms with Gasteiger partial charge in [0.15, 0.2) is 0 Å². The lowest BCUT2D eigenvalue weighted by Crippen LogP contribution is -2.31. The van der Waals surface area contributed by atoms with Crippen molar-refractivity contribution in [2.24, 2.45) is 0 Å². The smallest absolute Gasteiger partial charge is 0.269 e. The summed E-state index contributed by atoms with van der Waals surface area (Å²) in [6, 6.07) is 26.0. The molecule has 0 radical (unpaired) electrons. The number of carbonyl (C=O) groups excluding carboxylic acids is 2. The van der Waals surface area contributed by atoms with Crippen molar-refractivity contribution in [2.45, 2.75) is 18.6 Å². The van der Waals surface area contributed by atoms with Crippen molar-refractivity contribution < 1.29 is 14.3 Å². The van der Waals surface area contributed by atoms with Gasteiger partial charge in [0.1, 0.15) is 22.4 Å². The molecule has 1 fully saturated rings. The van der Waals surface area contributed by atoms with E-state index in [1.807, 2.05) is 67.6 Å². The highest BCUT2D eigenvalue weighted by molar-refractivity contribution is 8.05. The average molecular weight is 470 g/mol. The molecule has 1 atom stereocenters. The molecule has 1 N–H and O–H groups in total. The lowest BCUT2D eigenvalue weighted by atomic mass is 10.1. The minimum Gasteiger partial charge on any atom is -0.497 e. The first-order valence-corrected chi connectivity index (χ1v) is 11.6. The number of rotatable bonds is 6. The molecule has 1 saturated heterocycles. The molecule has 170 valence electrons. The molecule has 3 aromatic carbocycles. The highest BCUT2D eigenvalue weighted by atomic mass is 32.2. The first kappa shape index (κ1) is 23.1. The standard InChI is InChI=1S/C27H23N3O3S/c1-18-8-6-7-11-23(18)30-26(32)24(16-19-12-14-21(33-2)15-13-19)34-27(30)22(17-28)25(31)29-20-9-4-3-5-10-20/h3-15,24H,16H2,1-2H3,(H,29,31)/b27-22-/t24-/m1/s1. The van der Waals surface area contributed by atoms with Gasteiger partial charge in [-0.1, -0.05) is 60.3 Å². The monoisotopic (exact) mass is 469 g/mol. The largest absolute Gasteiger partial charge is 0.497 e. The van der Waals surface area contributed by atoms with Crippen molar-refractivity contribution in [3.05, 3.63) is 101 Å². The number of methoxy groups -OCH3 is 1. The fraction of sp³-hybridized carbons (Fsp3) is 0.148. The normalized spacial score (nSPS) is 16.7. The molecule has 6 nitrogen and oxygen atoms in total. The van der Waals surface area contributed by atoms with Crippen molar-refractivity contribution in [1.29, 1.82) is 5.26 Å². The van der Waals surface area contributed by atoms with Gasteiger partial charge in [-0.15, -0.1) is 0 Å². The summed E-state index contributed by atoms with van der Waals surface area (Å²) in [5.41, 5.74) is 2.98. The number of hydrogen-bond donors (Lipinski definition) is 1. The first-order chi connectivity index (χ1) is 16.5. The molecule has 7 heteroatoms. The molecule has 0 aromatic heterocycles. The maximum Gasteiger partial charge on any atom is 0.269 e. The van der Waals surface area contributed by atoms with E-state index in [0.29, 0.717) is 22.8 Å². The first-order valence-electron chi connectivity index (χ1n) is 10.7. The van der Waals surface area contributed by atoms with Crippen LogP contribution in [0.2, 0.25) is 0 Å². The predicted octanol–water partition coefficient (Wildman–Crippen LogP) is 5.07. The summed E-state index contributed by atoms with van der Waals surface area (Å²) in [6.45, 7) is 1.90. The Morgan fingerprint density at radius 2 is 1.74 bits per heavy atom. The van der Waals surface area contributed by atoms with Gasteiger partial charge in [0.05, 0.1) is 18.0 Å². The van der Waals surface area contributed by atoms with E-state index in [1.54, 1.807) is 31.4 Å². The van der Waals surface area contributed by atoms with E-state index in [-0.39, 0.29) is 11.5 Å². The number of amides is 2. The van der Waals surface area contributed by atoms with Crippen molar-refractivity contribution >= 4 is 35.0 Å². The van der Waals surface area contributed by atoms with Crippen LogP contribution in [0.5, 0.6) is 5.75 Å². The van der Waals surface area contributed by atoms with Gasteiger partial charge >= 0.3 is 0 Å². The Morgan fingerprint density at radius 3 is 2.38 bits per heavy atom. The van der Waals surface area contributed by atoms with Gasteiger partial charge in [0.2, 0.25) is 5.91 Å². The molecule has 0 spiro atoms. The predicted molar refractivity (Wildman–Crippen MR) is 134 cm³/mol. The van der Waals surface area contributed by atoms with Crippen LogP contribution in [0.15, 0.2) is 89.5 Å². The molecule has 1 aliphatic heterocycles. The molecule has 3 aromatic rings. The number of hydrogen-bond acceptors (Lipinski definition) is 5. The third kappa shape index (κ3) is 4.82. The van der Waals surface area contributed by atoms with Crippen molar-refractivity contribution in [2.75, 3.05) is 17.3 Å². The highest BCUT2D eigenvalue weighted by Gasteiger charge is 2.41. The number of nitrogens with one attached hydrogen (secondary N) is 1. The fourth-order valence-electron chi connectivity index (χ4n) is 3.71. The Morgan fingerprint density at radius 1 is 1.06 bits per heavy atom. The van der Waals surface area contributed by atoms with Crippen LogP contribution < -0.4 is 15.0 Å². The van der Waals surface area contributed by atoms with Crippen LogP contribution in [0.25, 0.3) is 0 Å². The number of nitrogens with zero attached hydrogens (tertiary/aromatic N) is 2. The van der Waals surface area contributed by atoms with Crippen LogP contribution in [0, 0.1) is 18.3 Å². The molecular formula is C27H23N3O3S. The molecule has 0 aliphatic carbocycles. The van der Waals surface area contributed by atoms with Crippen LogP contribution >= 0.6 is 11.8 Å². The Labute approximate surface area is 202 Å². The molecule has 0 saturated carbocycles. The second-order valence-electron chi connectivity index (χ2n) is 7.73. The van der Waals surface area contributed by atoms with E-state index in [4.69, 9.17) is 4.74 Å². The molecule has 0 bridgehead atoms. The van der Waals surface area contributed by atoms with Crippen LogP contribution in [-0.4, -0.2) is 24.2 Å². The van der Waals surface area contributed by atoms with E-state index < -0.39 is 11.2 Å². The Balaban J connectivity index is 1.72. The fourth-order valence-corrected chi connectivity index (χ4v) is 5.01. The molecular weight excluding hydrogens is 446 g/mol. The maximum atomic E-state index is 13.6. The highest BCUT2D eigenvalue weighted by Crippen LogP contribution is 2.43. The molecule has 1 heterocycles. The van der Waals surface area contributed by atoms with Gasteiger partial charge in [0, 0.05) is 5.69 Å². The minimum atomic E-state index is -0.548. The number of para-hydroxylation sites is 2. The Hall–Kier alpha value is -4.02. The third-order valence-corrected chi connectivity index (χ3v) is 6.74. The lowest BCUT2D eigenvalue weighted by Gasteiger charge is -2.20. The van der Waals surface area contributed by atoms with Gasteiger partial charge in [0.25, 0.3) is 5.91 Å². The molecule has 34 heavy (non-hydrogen) atoms. The van der Waals surface area contributed by atoms with Crippen molar-refractivity contribution in [3.63, 3.8) is 0 Å². The third-order valence-electron chi connectivity index (χ3n) is 5.47. The second kappa shape index (κ2) is 10.3. The second-order valence-corrected chi connectivity index (χ2v) is 8.92. The summed E-state index contributed by atoms with van der Waals surface area (Å²) >= 11 is 1.25. The zero-order chi connectivity index (χ0) is 24.1. The minimum absolute atomic E-state index is 0.0947. The average Bonchev–Trinajstić information content (AvgIpc) is 3.16. The number of aryl methyl sites for hydroxylation is 1. The van der Waals surface area contributed by atoms with Gasteiger partial charge in [-0.25, -0.2) is 0 Å². The van der Waals surface area contributed by atoms with Crippen LogP contribution in [0.3, 0.4) is 0 Å². The SMILES string of the molecule is COc1ccc(C[C@H]2S/C(=C(/C#N)C(=O)Nc3ccccc3)N(c3ccccc3C)C2=O)cc1. The summed E-state index contributed by atoms with van der Waals surface area (Å²) in [5.74, 6) is 0.0266. The molecule has 1 aliphatic rings. The number of benzene rings is 3. The number of thioether (sulfide) groups is 1. The van der Waals surface area contributed by atoms with Crippen LogP contribution in [0.4, 0.5) is 11.4 Å². The van der Waals surface area contributed by atoms with E-state index in [1.165, 1.54) is 16.7 Å². The molecule has 4 rings (SSSR count). The molecule has 2 amide bonds. The number of carbonyl (C=O) groups is 2. The summed E-state index contributed by atoms with van der Waals surface area (Å²) in [7, 11) is 1.60.